The van der Waals surface area contributed by atoms with Gasteiger partial charge in [-0.15, -0.1) is 22.7 Å². The number of ether oxygens (including phenoxy) is 2. The molecule has 0 saturated heterocycles. The minimum Gasteiger partial charge on any atom is -0.506 e. The van der Waals surface area contributed by atoms with Crippen molar-refractivity contribution in [1.29, 1.82) is 0 Å². The van der Waals surface area contributed by atoms with Gasteiger partial charge in [0.1, 0.15) is 17.2 Å². The highest BCUT2D eigenvalue weighted by Crippen LogP contribution is 2.45. The minimum absolute atomic E-state index is 0.122. The summed E-state index contributed by atoms with van der Waals surface area (Å²) < 4.78 is 10.9. The van der Waals surface area contributed by atoms with Gasteiger partial charge in [-0.3, -0.25) is 9.80 Å². The molecule has 2 aromatic heterocycles. The lowest BCUT2D eigenvalue weighted by Gasteiger charge is -2.27. The van der Waals surface area contributed by atoms with Crippen molar-refractivity contribution in [3.63, 3.8) is 0 Å². The lowest BCUT2D eigenvalue weighted by atomic mass is 10.2. The van der Waals surface area contributed by atoms with Gasteiger partial charge < -0.3 is 14.6 Å². The van der Waals surface area contributed by atoms with Crippen LogP contribution in [0.4, 0.5) is 33.0 Å². The Balaban J connectivity index is 1.68. The summed E-state index contributed by atoms with van der Waals surface area (Å²) in [6.45, 7) is 0. The lowest BCUT2D eigenvalue weighted by Crippen LogP contribution is -2.13. The Kier molecular flexibility index (Phi) is 6.51. The Morgan fingerprint density at radius 1 is 0.686 bits per heavy atom. The molecule has 0 spiro atoms. The van der Waals surface area contributed by atoms with E-state index in [1.54, 1.807) is 32.7 Å². The highest BCUT2D eigenvalue weighted by atomic mass is 32.1. The standard InChI is InChI=1S/C26H22N4O3S2/c1-32-21-7-3-5-18(15-21)29(25-27-11-13-34-25)20-9-10-24(31)23(17-20)30(26-28-12-14-35-26)19-6-4-8-22(16-19)33-2/h3-17,31H,1-2H3. The van der Waals surface area contributed by atoms with Crippen molar-refractivity contribution >= 4 is 55.7 Å². The molecular weight excluding hydrogens is 480 g/mol. The van der Waals surface area contributed by atoms with Crippen LogP contribution in [0, 0.1) is 0 Å². The van der Waals surface area contributed by atoms with Crippen LogP contribution >= 0.6 is 22.7 Å². The Labute approximate surface area is 211 Å². The number of nitrogens with zero attached hydrogens (tertiary/aromatic N) is 4. The van der Waals surface area contributed by atoms with Crippen molar-refractivity contribution in [1.82, 2.24) is 9.97 Å². The summed E-state index contributed by atoms with van der Waals surface area (Å²) in [5.74, 6) is 1.57. The topological polar surface area (TPSA) is 71.0 Å². The van der Waals surface area contributed by atoms with E-state index in [1.807, 2.05) is 81.2 Å². The molecule has 0 fully saturated rings. The van der Waals surface area contributed by atoms with E-state index in [2.05, 4.69) is 9.97 Å². The van der Waals surface area contributed by atoms with Gasteiger partial charge in [0.15, 0.2) is 10.3 Å². The Bertz CT molecular complexity index is 1410. The van der Waals surface area contributed by atoms with Crippen LogP contribution in [0.3, 0.4) is 0 Å². The monoisotopic (exact) mass is 502 g/mol. The number of phenolic OH excluding ortho intramolecular Hbond substituents is 1. The fourth-order valence-corrected chi connectivity index (χ4v) is 5.06. The first-order valence-corrected chi connectivity index (χ1v) is 12.4. The SMILES string of the molecule is COc1cccc(N(c2ccc(O)c(N(c3cccc(OC)c3)c3nccs3)c2)c2nccs2)c1. The maximum atomic E-state index is 11.0. The normalized spacial score (nSPS) is 10.7. The van der Waals surface area contributed by atoms with E-state index < -0.39 is 0 Å². The number of thiazole rings is 2. The molecule has 176 valence electrons. The summed E-state index contributed by atoms with van der Waals surface area (Å²) in [4.78, 5) is 13.0. The number of anilines is 6. The summed E-state index contributed by atoms with van der Waals surface area (Å²) in [5.41, 5.74) is 3.10. The van der Waals surface area contributed by atoms with E-state index in [4.69, 9.17) is 9.47 Å². The second-order valence-corrected chi connectivity index (χ2v) is 9.12. The molecule has 2 heterocycles. The molecule has 0 radical (unpaired) electrons. The van der Waals surface area contributed by atoms with Crippen molar-refractivity contribution in [2.75, 3.05) is 24.0 Å². The van der Waals surface area contributed by atoms with Crippen LogP contribution in [-0.2, 0) is 0 Å². The van der Waals surface area contributed by atoms with Crippen molar-refractivity contribution in [2.45, 2.75) is 0 Å². The summed E-state index contributed by atoms with van der Waals surface area (Å²) in [7, 11) is 3.27. The van der Waals surface area contributed by atoms with Gasteiger partial charge in [0.05, 0.1) is 37.0 Å². The van der Waals surface area contributed by atoms with Gasteiger partial charge in [0.25, 0.3) is 0 Å². The fraction of sp³-hybridized carbons (Fsp3) is 0.0769. The maximum Gasteiger partial charge on any atom is 0.194 e. The number of methoxy groups -OCH3 is 2. The van der Waals surface area contributed by atoms with E-state index in [-0.39, 0.29) is 5.75 Å². The molecule has 9 heteroatoms. The molecule has 0 saturated carbocycles. The third-order valence-electron chi connectivity index (χ3n) is 5.30. The summed E-state index contributed by atoms with van der Waals surface area (Å²) >= 11 is 3.00. The van der Waals surface area contributed by atoms with Gasteiger partial charge in [-0.1, -0.05) is 12.1 Å². The Morgan fingerprint density at radius 3 is 1.77 bits per heavy atom. The molecule has 0 aliphatic rings. The zero-order valence-electron chi connectivity index (χ0n) is 19.0. The van der Waals surface area contributed by atoms with E-state index >= 15 is 0 Å². The molecule has 0 aliphatic heterocycles. The number of benzene rings is 3. The number of hydrogen-bond acceptors (Lipinski definition) is 9. The Hall–Kier alpha value is -4.08. The smallest absolute Gasteiger partial charge is 0.194 e. The van der Waals surface area contributed by atoms with Crippen molar-refractivity contribution in [2.24, 2.45) is 0 Å². The van der Waals surface area contributed by atoms with Gasteiger partial charge in [0.2, 0.25) is 0 Å². The zero-order valence-corrected chi connectivity index (χ0v) is 20.7. The van der Waals surface area contributed by atoms with Crippen LogP contribution in [0.1, 0.15) is 0 Å². The highest BCUT2D eigenvalue weighted by molar-refractivity contribution is 7.14. The van der Waals surface area contributed by atoms with Gasteiger partial charge in [-0.2, -0.15) is 0 Å². The van der Waals surface area contributed by atoms with Gasteiger partial charge in [0, 0.05) is 35.3 Å². The predicted molar refractivity (Wildman–Crippen MR) is 142 cm³/mol. The second-order valence-electron chi connectivity index (χ2n) is 7.38. The minimum atomic E-state index is 0.122. The summed E-state index contributed by atoms with van der Waals surface area (Å²) in [6, 6.07) is 20.9. The zero-order chi connectivity index (χ0) is 24.2. The van der Waals surface area contributed by atoms with Crippen LogP contribution in [0.2, 0.25) is 0 Å². The van der Waals surface area contributed by atoms with Crippen LogP contribution in [0.5, 0.6) is 17.2 Å². The van der Waals surface area contributed by atoms with Gasteiger partial charge in [-0.25, -0.2) is 9.97 Å². The molecule has 3 aromatic carbocycles. The number of aromatic nitrogens is 2. The lowest BCUT2D eigenvalue weighted by molar-refractivity contribution is 0.415. The molecule has 35 heavy (non-hydrogen) atoms. The molecule has 5 aromatic rings. The predicted octanol–water partition coefficient (Wildman–Crippen LogP) is 7.26. The molecule has 1 N–H and O–H groups in total. The first-order chi connectivity index (χ1) is 17.2. The van der Waals surface area contributed by atoms with Crippen LogP contribution < -0.4 is 19.3 Å². The molecule has 5 rings (SSSR count). The molecule has 0 unspecified atom stereocenters. The average molecular weight is 503 g/mol. The third kappa shape index (κ3) is 4.64. The van der Waals surface area contributed by atoms with E-state index in [0.717, 1.165) is 27.9 Å². The quantitative estimate of drug-likeness (QED) is 0.239. The highest BCUT2D eigenvalue weighted by Gasteiger charge is 2.22. The van der Waals surface area contributed by atoms with Crippen LogP contribution in [-0.4, -0.2) is 29.3 Å². The molecule has 7 nitrogen and oxygen atoms in total. The van der Waals surface area contributed by atoms with Gasteiger partial charge >= 0.3 is 0 Å². The number of hydrogen-bond donors (Lipinski definition) is 1. The average Bonchev–Trinajstić information content (AvgIpc) is 3.62. The number of rotatable bonds is 8. The van der Waals surface area contributed by atoms with E-state index in [1.165, 1.54) is 22.7 Å². The second kappa shape index (κ2) is 10.0. The fourth-order valence-electron chi connectivity index (χ4n) is 3.70. The summed E-state index contributed by atoms with van der Waals surface area (Å²) in [5, 5.41) is 16.4. The summed E-state index contributed by atoms with van der Waals surface area (Å²) in [6.07, 6.45) is 3.51. The first-order valence-electron chi connectivity index (χ1n) is 10.7. The maximum absolute atomic E-state index is 11.0. The van der Waals surface area contributed by atoms with E-state index in [0.29, 0.717) is 16.6 Å². The first kappa shape index (κ1) is 22.7. The van der Waals surface area contributed by atoms with E-state index in [9.17, 15) is 5.11 Å². The van der Waals surface area contributed by atoms with Crippen LogP contribution in [0.25, 0.3) is 0 Å². The molecule has 0 aliphatic carbocycles. The molecule has 0 amide bonds. The number of phenols is 1. The van der Waals surface area contributed by atoms with Crippen LogP contribution in [0.15, 0.2) is 89.9 Å². The molecular formula is C26H22N4O3S2. The van der Waals surface area contributed by atoms with Crippen molar-refractivity contribution in [3.05, 3.63) is 89.9 Å². The van der Waals surface area contributed by atoms with Crippen molar-refractivity contribution < 1.29 is 14.6 Å². The third-order valence-corrected chi connectivity index (χ3v) is 6.82. The number of aromatic hydroxyl groups is 1. The molecule has 0 bridgehead atoms. The van der Waals surface area contributed by atoms with Crippen molar-refractivity contribution in [3.8, 4) is 17.2 Å². The largest absolute Gasteiger partial charge is 0.506 e. The molecule has 0 atom stereocenters. The Morgan fingerprint density at radius 2 is 1.23 bits per heavy atom. The van der Waals surface area contributed by atoms with Gasteiger partial charge in [-0.05, 0) is 42.5 Å².